The van der Waals surface area contributed by atoms with Crippen molar-refractivity contribution in [2.75, 3.05) is 5.73 Å². The van der Waals surface area contributed by atoms with Crippen LogP contribution in [-0.2, 0) is 0 Å². The molecule has 1 aromatic rings. The molecule has 0 aliphatic carbocycles. The third kappa shape index (κ3) is 1.29. The standard InChI is InChI=1S/C7H8N2O3/c1-3-2-4(8)6(10)9-5(3)7(11)12/h2H,8H2,1H3,(H,9,10)(H,11,12). The van der Waals surface area contributed by atoms with E-state index >= 15 is 0 Å². The van der Waals surface area contributed by atoms with E-state index < -0.39 is 11.5 Å². The van der Waals surface area contributed by atoms with Gasteiger partial charge in [0.1, 0.15) is 5.69 Å². The van der Waals surface area contributed by atoms with E-state index in [1.54, 1.807) is 6.92 Å². The Labute approximate surface area is 67.8 Å². The predicted octanol–water partition coefficient (Wildman–Crippen LogP) is -0.0363. The van der Waals surface area contributed by atoms with Crippen LogP contribution in [0.2, 0.25) is 0 Å². The largest absolute Gasteiger partial charge is 0.477 e. The first-order valence-corrected chi connectivity index (χ1v) is 3.25. The Morgan fingerprint density at radius 2 is 2.25 bits per heavy atom. The highest BCUT2D eigenvalue weighted by molar-refractivity contribution is 5.87. The first-order chi connectivity index (χ1) is 5.52. The van der Waals surface area contributed by atoms with E-state index in [1.807, 2.05) is 0 Å². The average molecular weight is 168 g/mol. The van der Waals surface area contributed by atoms with Crippen LogP contribution in [0.5, 0.6) is 0 Å². The van der Waals surface area contributed by atoms with Gasteiger partial charge in [0.15, 0.2) is 0 Å². The van der Waals surface area contributed by atoms with E-state index in [4.69, 9.17) is 10.8 Å². The molecule has 0 aliphatic rings. The van der Waals surface area contributed by atoms with Gasteiger partial charge in [-0.2, -0.15) is 0 Å². The average Bonchev–Trinajstić information content (AvgIpc) is 1.96. The van der Waals surface area contributed by atoms with Crippen LogP contribution >= 0.6 is 0 Å². The fourth-order valence-corrected chi connectivity index (χ4v) is 0.877. The molecule has 0 aromatic carbocycles. The number of nitrogen functional groups attached to an aromatic ring is 1. The molecule has 0 fully saturated rings. The van der Waals surface area contributed by atoms with Crippen molar-refractivity contribution >= 4 is 11.7 Å². The van der Waals surface area contributed by atoms with Gasteiger partial charge in [-0.05, 0) is 18.6 Å². The van der Waals surface area contributed by atoms with Gasteiger partial charge >= 0.3 is 5.97 Å². The lowest BCUT2D eigenvalue weighted by Crippen LogP contribution is -2.17. The molecule has 1 rings (SSSR count). The van der Waals surface area contributed by atoms with Crippen molar-refractivity contribution in [1.29, 1.82) is 0 Å². The van der Waals surface area contributed by atoms with E-state index in [-0.39, 0.29) is 11.4 Å². The van der Waals surface area contributed by atoms with E-state index in [2.05, 4.69) is 4.98 Å². The Balaban J connectivity index is 3.43. The van der Waals surface area contributed by atoms with Gasteiger partial charge in [-0.1, -0.05) is 0 Å². The SMILES string of the molecule is Cc1cc(N)c(=O)[nH]c1C(=O)O. The maximum Gasteiger partial charge on any atom is 0.352 e. The maximum absolute atomic E-state index is 10.9. The number of anilines is 1. The van der Waals surface area contributed by atoms with Gasteiger partial charge in [-0.15, -0.1) is 0 Å². The fraction of sp³-hybridized carbons (Fsp3) is 0.143. The van der Waals surface area contributed by atoms with Gasteiger partial charge in [0.05, 0.1) is 5.69 Å². The van der Waals surface area contributed by atoms with Gasteiger partial charge < -0.3 is 15.8 Å². The van der Waals surface area contributed by atoms with Gasteiger partial charge in [0.2, 0.25) is 0 Å². The van der Waals surface area contributed by atoms with Gasteiger partial charge in [0.25, 0.3) is 5.56 Å². The summed E-state index contributed by atoms with van der Waals surface area (Å²) in [5, 5.41) is 8.57. The fourth-order valence-electron chi connectivity index (χ4n) is 0.877. The highest BCUT2D eigenvalue weighted by atomic mass is 16.4. The van der Waals surface area contributed by atoms with Crippen molar-refractivity contribution in [3.8, 4) is 0 Å². The molecule has 4 N–H and O–H groups in total. The summed E-state index contributed by atoms with van der Waals surface area (Å²) in [6.07, 6.45) is 0. The summed E-state index contributed by atoms with van der Waals surface area (Å²) < 4.78 is 0. The Hall–Kier alpha value is -1.78. The van der Waals surface area contributed by atoms with Gasteiger partial charge in [-0.25, -0.2) is 4.79 Å². The number of nitrogens with two attached hydrogens (primary N) is 1. The Morgan fingerprint density at radius 3 is 2.75 bits per heavy atom. The minimum atomic E-state index is -1.16. The number of pyridine rings is 1. The lowest BCUT2D eigenvalue weighted by molar-refractivity contribution is 0.0689. The summed E-state index contributed by atoms with van der Waals surface area (Å²) in [7, 11) is 0. The number of hydrogen-bond acceptors (Lipinski definition) is 3. The molecule has 0 saturated heterocycles. The number of carboxylic acid groups (broad SMARTS) is 1. The molecular weight excluding hydrogens is 160 g/mol. The molecule has 1 heterocycles. The number of aromatic nitrogens is 1. The number of nitrogens with one attached hydrogen (secondary N) is 1. The van der Waals surface area contributed by atoms with Crippen LogP contribution in [-0.4, -0.2) is 16.1 Å². The van der Waals surface area contributed by atoms with Crippen molar-refractivity contribution in [3.63, 3.8) is 0 Å². The van der Waals surface area contributed by atoms with Crippen LogP contribution in [0.15, 0.2) is 10.9 Å². The van der Waals surface area contributed by atoms with Crippen molar-refractivity contribution in [2.24, 2.45) is 0 Å². The lowest BCUT2D eigenvalue weighted by Gasteiger charge is -2.00. The number of carboxylic acids is 1. The summed E-state index contributed by atoms with van der Waals surface area (Å²) in [5.41, 5.74) is 5.03. The first-order valence-electron chi connectivity index (χ1n) is 3.25. The number of hydrogen-bond donors (Lipinski definition) is 3. The smallest absolute Gasteiger partial charge is 0.352 e. The topological polar surface area (TPSA) is 96.2 Å². The zero-order valence-electron chi connectivity index (χ0n) is 6.42. The lowest BCUT2D eigenvalue weighted by atomic mass is 10.2. The first kappa shape index (κ1) is 8.32. The van der Waals surface area contributed by atoms with E-state index in [0.717, 1.165) is 0 Å². The molecule has 0 unspecified atom stereocenters. The van der Waals surface area contributed by atoms with Crippen molar-refractivity contribution in [2.45, 2.75) is 6.92 Å². The molecule has 0 amide bonds. The molecule has 0 spiro atoms. The summed E-state index contributed by atoms with van der Waals surface area (Å²) in [5.74, 6) is -1.16. The number of aryl methyl sites for hydroxylation is 1. The molecule has 0 radical (unpaired) electrons. The van der Waals surface area contributed by atoms with E-state index in [1.165, 1.54) is 6.07 Å². The normalized spacial score (nSPS) is 9.75. The van der Waals surface area contributed by atoms with Crippen molar-refractivity contribution in [1.82, 2.24) is 4.98 Å². The zero-order chi connectivity index (χ0) is 9.30. The molecule has 0 bridgehead atoms. The molecule has 0 atom stereocenters. The summed E-state index contributed by atoms with van der Waals surface area (Å²) in [6.45, 7) is 1.57. The molecule has 5 heteroatoms. The van der Waals surface area contributed by atoms with Crippen LogP contribution in [0.4, 0.5) is 5.69 Å². The van der Waals surface area contributed by atoms with E-state index in [9.17, 15) is 9.59 Å². The van der Waals surface area contributed by atoms with Crippen LogP contribution in [0.25, 0.3) is 0 Å². The molecule has 64 valence electrons. The Bertz CT molecular complexity index is 381. The molecule has 1 aromatic heterocycles. The van der Waals surface area contributed by atoms with Crippen molar-refractivity contribution in [3.05, 3.63) is 27.7 Å². The second-order valence-corrected chi connectivity index (χ2v) is 2.42. The number of H-pyrrole nitrogens is 1. The Kier molecular flexibility index (Phi) is 1.86. The predicted molar refractivity (Wildman–Crippen MR) is 43.2 cm³/mol. The van der Waals surface area contributed by atoms with Crippen LogP contribution in [0.3, 0.4) is 0 Å². The van der Waals surface area contributed by atoms with Gasteiger partial charge in [0, 0.05) is 0 Å². The molecule has 12 heavy (non-hydrogen) atoms. The van der Waals surface area contributed by atoms with Crippen molar-refractivity contribution < 1.29 is 9.90 Å². The van der Waals surface area contributed by atoms with Crippen LogP contribution in [0, 0.1) is 6.92 Å². The third-order valence-electron chi connectivity index (χ3n) is 1.48. The minimum Gasteiger partial charge on any atom is -0.477 e. The highest BCUT2D eigenvalue weighted by Gasteiger charge is 2.08. The van der Waals surface area contributed by atoms with E-state index in [0.29, 0.717) is 5.56 Å². The quantitative estimate of drug-likeness (QED) is 0.548. The molecule has 0 saturated carbocycles. The monoisotopic (exact) mass is 168 g/mol. The number of aromatic amines is 1. The second-order valence-electron chi connectivity index (χ2n) is 2.42. The highest BCUT2D eigenvalue weighted by Crippen LogP contribution is 2.04. The molecule has 5 nitrogen and oxygen atoms in total. The molecule has 0 aliphatic heterocycles. The summed E-state index contributed by atoms with van der Waals surface area (Å²) in [6, 6.07) is 1.34. The summed E-state index contributed by atoms with van der Waals surface area (Å²) >= 11 is 0. The maximum atomic E-state index is 10.9. The number of carbonyl (C=O) groups is 1. The number of rotatable bonds is 1. The van der Waals surface area contributed by atoms with Gasteiger partial charge in [-0.3, -0.25) is 4.79 Å². The molecular formula is C7H8N2O3. The zero-order valence-corrected chi connectivity index (χ0v) is 6.42. The minimum absolute atomic E-state index is 0.0255. The Morgan fingerprint density at radius 1 is 1.67 bits per heavy atom. The summed E-state index contributed by atoms with van der Waals surface area (Å²) in [4.78, 5) is 23.5. The number of aromatic carboxylic acids is 1. The second kappa shape index (κ2) is 2.69. The van der Waals surface area contributed by atoms with Crippen LogP contribution in [0.1, 0.15) is 16.1 Å². The third-order valence-corrected chi connectivity index (χ3v) is 1.48. The van der Waals surface area contributed by atoms with Crippen LogP contribution < -0.4 is 11.3 Å².